The summed E-state index contributed by atoms with van der Waals surface area (Å²) in [5.74, 6) is 0.685. The Bertz CT molecular complexity index is 2930. The van der Waals surface area contributed by atoms with Crippen LogP contribution in [-0.4, -0.2) is 19.1 Å². The van der Waals surface area contributed by atoms with Gasteiger partial charge in [-0.2, -0.15) is 5.26 Å². The maximum atomic E-state index is 9.97. The molecule has 52 heavy (non-hydrogen) atoms. The molecule has 3 heterocycles. The summed E-state index contributed by atoms with van der Waals surface area (Å²) < 4.78 is 4.67. The Kier molecular flexibility index (Phi) is 6.80. The first kappa shape index (κ1) is 29.6. The van der Waals surface area contributed by atoms with Crippen molar-refractivity contribution in [2.45, 2.75) is 0 Å². The lowest BCUT2D eigenvalue weighted by molar-refractivity contribution is 1.17. The number of benzene rings is 7. The van der Waals surface area contributed by atoms with Crippen molar-refractivity contribution >= 4 is 43.6 Å². The second-order valence-electron chi connectivity index (χ2n) is 13.0. The normalized spacial score (nSPS) is 11.4. The minimum absolute atomic E-state index is 0.624. The van der Waals surface area contributed by atoms with E-state index in [4.69, 9.17) is 9.97 Å². The maximum absolute atomic E-state index is 9.97. The second kappa shape index (κ2) is 11.9. The highest BCUT2D eigenvalue weighted by molar-refractivity contribution is 6.26. The number of nitrogens with zero attached hydrogens (tertiary/aromatic N) is 5. The summed E-state index contributed by atoms with van der Waals surface area (Å²) in [5.41, 5.74) is 11.8. The van der Waals surface area contributed by atoms with Gasteiger partial charge in [-0.25, -0.2) is 9.97 Å². The number of nitriles is 1. The van der Waals surface area contributed by atoms with Crippen LogP contribution >= 0.6 is 0 Å². The number of fused-ring (bicyclic) bond motifs is 7. The molecule has 0 fully saturated rings. The number of para-hydroxylation sites is 2. The first-order valence-corrected chi connectivity index (χ1v) is 17.3. The number of aromatic nitrogens is 4. The summed E-state index contributed by atoms with van der Waals surface area (Å²) in [6.07, 6.45) is 0. The van der Waals surface area contributed by atoms with E-state index in [1.807, 2.05) is 60.7 Å². The fraction of sp³-hybridized carbons (Fsp3) is 0. The van der Waals surface area contributed by atoms with Crippen LogP contribution in [0.15, 0.2) is 176 Å². The van der Waals surface area contributed by atoms with E-state index in [9.17, 15) is 5.26 Å². The van der Waals surface area contributed by atoms with Crippen LogP contribution in [0, 0.1) is 11.3 Å². The molecule has 0 amide bonds. The molecule has 0 saturated carbocycles. The summed E-state index contributed by atoms with van der Waals surface area (Å²) in [6.45, 7) is 0. The lowest BCUT2D eigenvalue weighted by atomic mass is 10.1. The Morgan fingerprint density at radius 1 is 0.423 bits per heavy atom. The van der Waals surface area contributed by atoms with E-state index in [2.05, 4.69) is 130 Å². The summed E-state index contributed by atoms with van der Waals surface area (Å²) in [5, 5.41) is 14.6. The molecule has 10 aromatic rings. The fourth-order valence-corrected chi connectivity index (χ4v) is 7.60. The molecular weight excluding hydrogens is 635 g/mol. The van der Waals surface area contributed by atoms with Gasteiger partial charge in [0.05, 0.1) is 45.1 Å². The quantitative estimate of drug-likeness (QED) is 0.184. The van der Waals surface area contributed by atoms with Gasteiger partial charge in [0.15, 0.2) is 5.82 Å². The summed E-state index contributed by atoms with van der Waals surface area (Å²) in [4.78, 5) is 10.0. The van der Waals surface area contributed by atoms with Gasteiger partial charge in [0, 0.05) is 49.6 Å². The maximum Gasteiger partial charge on any atom is 0.160 e. The van der Waals surface area contributed by atoms with Crippen LogP contribution < -0.4 is 0 Å². The molecule has 0 aliphatic carbocycles. The molecule has 0 saturated heterocycles. The standard InChI is InChI=1S/C47H29N5/c48-30-31-20-25-37-38-26-27-43-45(39-18-10-11-19-42(39)51(43)35-16-8-3-9-17-35)46(38)52(44(37)28-31)36-23-21-33(22-24-36)41-29-40(32-12-4-1-5-13-32)49-47(50-41)34-14-6-2-7-15-34/h1-29H. The van der Waals surface area contributed by atoms with Crippen molar-refractivity contribution in [3.05, 3.63) is 181 Å². The highest BCUT2D eigenvalue weighted by atomic mass is 15.0. The van der Waals surface area contributed by atoms with Crippen molar-refractivity contribution in [3.8, 4) is 51.3 Å². The lowest BCUT2D eigenvalue weighted by Gasteiger charge is -2.12. The highest BCUT2D eigenvalue weighted by Gasteiger charge is 2.21. The predicted molar refractivity (Wildman–Crippen MR) is 212 cm³/mol. The van der Waals surface area contributed by atoms with Crippen LogP contribution in [0.2, 0.25) is 0 Å². The lowest BCUT2D eigenvalue weighted by Crippen LogP contribution is -1.97. The SMILES string of the molecule is N#Cc1ccc2c3ccc4c(c5ccccc5n4-c4ccccc4)c3n(-c3ccc(-c4cc(-c5ccccc5)nc(-c5ccccc5)n4)cc3)c2c1. The predicted octanol–water partition coefficient (Wildman–Crippen LogP) is 11.5. The van der Waals surface area contributed by atoms with E-state index in [0.717, 1.165) is 72.3 Å². The average molecular weight is 664 g/mol. The Labute approximate surface area is 299 Å². The Morgan fingerprint density at radius 2 is 1.02 bits per heavy atom. The zero-order valence-electron chi connectivity index (χ0n) is 28.0. The van der Waals surface area contributed by atoms with E-state index in [1.54, 1.807) is 0 Å². The molecule has 7 aromatic carbocycles. The van der Waals surface area contributed by atoms with Crippen LogP contribution in [0.25, 0.3) is 88.9 Å². The van der Waals surface area contributed by atoms with Gasteiger partial charge in [0.1, 0.15) is 0 Å². The van der Waals surface area contributed by atoms with E-state index in [-0.39, 0.29) is 0 Å². The molecule has 0 N–H and O–H groups in total. The molecule has 5 heteroatoms. The summed E-state index contributed by atoms with van der Waals surface area (Å²) in [6, 6.07) is 63.0. The fourth-order valence-electron chi connectivity index (χ4n) is 7.60. The molecule has 0 aliphatic heterocycles. The third kappa shape index (κ3) is 4.70. The van der Waals surface area contributed by atoms with Gasteiger partial charge in [-0.05, 0) is 54.6 Å². The monoisotopic (exact) mass is 663 g/mol. The Hall–Kier alpha value is -7.29. The van der Waals surface area contributed by atoms with Crippen molar-refractivity contribution in [1.29, 1.82) is 5.26 Å². The van der Waals surface area contributed by atoms with E-state index >= 15 is 0 Å². The minimum atomic E-state index is 0.624. The third-order valence-corrected chi connectivity index (χ3v) is 9.96. The van der Waals surface area contributed by atoms with E-state index < -0.39 is 0 Å². The smallest absolute Gasteiger partial charge is 0.160 e. The van der Waals surface area contributed by atoms with Crippen LogP contribution in [0.4, 0.5) is 0 Å². The largest absolute Gasteiger partial charge is 0.309 e. The van der Waals surface area contributed by atoms with Crippen molar-refractivity contribution in [1.82, 2.24) is 19.1 Å². The minimum Gasteiger partial charge on any atom is -0.309 e. The number of hydrogen-bond acceptors (Lipinski definition) is 3. The molecule has 5 nitrogen and oxygen atoms in total. The molecular formula is C47H29N5. The molecule has 0 aliphatic rings. The van der Waals surface area contributed by atoms with Gasteiger partial charge in [-0.15, -0.1) is 0 Å². The van der Waals surface area contributed by atoms with Gasteiger partial charge in [0.2, 0.25) is 0 Å². The first-order chi connectivity index (χ1) is 25.7. The van der Waals surface area contributed by atoms with Gasteiger partial charge in [0.25, 0.3) is 0 Å². The highest BCUT2D eigenvalue weighted by Crippen LogP contribution is 2.42. The molecule has 10 rings (SSSR count). The summed E-state index contributed by atoms with van der Waals surface area (Å²) >= 11 is 0. The second-order valence-corrected chi connectivity index (χ2v) is 13.0. The topological polar surface area (TPSA) is 59.4 Å². The molecule has 0 atom stereocenters. The van der Waals surface area contributed by atoms with Gasteiger partial charge >= 0.3 is 0 Å². The first-order valence-electron chi connectivity index (χ1n) is 17.3. The van der Waals surface area contributed by atoms with Crippen molar-refractivity contribution < 1.29 is 0 Å². The van der Waals surface area contributed by atoms with Gasteiger partial charge in [-0.3, -0.25) is 0 Å². The summed E-state index contributed by atoms with van der Waals surface area (Å²) in [7, 11) is 0. The van der Waals surface area contributed by atoms with Crippen LogP contribution in [0.3, 0.4) is 0 Å². The number of hydrogen-bond donors (Lipinski definition) is 0. The Balaban J connectivity index is 1.22. The molecule has 242 valence electrons. The van der Waals surface area contributed by atoms with Crippen LogP contribution in [0.1, 0.15) is 5.56 Å². The molecule has 0 spiro atoms. The van der Waals surface area contributed by atoms with Crippen LogP contribution in [-0.2, 0) is 0 Å². The molecule has 3 aromatic heterocycles. The zero-order chi connectivity index (χ0) is 34.6. The molecule has 0 unspecified atom stereocenters. The molecule has 0 radical (unpaired) electrons. The third-order valence-electron chi connectivity index (χ3n) is 9.96. The molecule has 0 bridgehead atoms. The van der Waals surface area contributed by atoms with Gasteiger partial charge < -0.3 is 9.13 Å². The van der Waals surface area contributed by atoms with E-state index in [0.29, 0.717) is 11.4 Å². The zero-order valence-corrected chi connectivity index (χ0v) is 28.0. The Morgan fingerprint density at radius 3 is 1.73 bits per heavy atom. The van der Waals surface area contributed by atoms with Crippen molar-refractivity contribution in [2.24, 2.45) is 0 Å². The van der Waals surface area contributed by atoms with E-state index in [1.165, 1.54) is 10.8 Å². The average Bonchev–Trinajstić information content (AvgIpc) is 3.74. The van der Waals surface area contributed by atoms with Crippen LogP contribution in [0.5, 0.6) is 0 Å². The van der Waals surface area contributed by atoms with Crippen molar-refractivity contribution in [3.63, 3.8) is 0 Å². The number of rotatable bonds is 5. The van der Waals surface area contributed by atoms with Crippen molar-refractivity contribution in [2.75, 3.05) is 0 Å². The van der Waals surface area contributed by atoms with Gasteiger partial charge in [-0.1, -0.05) is 121 Å².